The van der Waals surface area contributed by atoms with Gasteiger partial charge in [0.15, 0.2) is 0 Å². The summed E-state index contributed by atoms with van der Waals surface area (Å²) in [4.78, 5) is 0. The van der Waals surface area contributed by atoms with Gasteiger partial charge in [-0.1, -0.05) is 212 Å². The number of benzene rings is 11. The molecule has 0 N–H and O–H groups in total. The fourth-order valence-corrected chi connectivity index (χ4v) is 9.24. The van der Waals surface area contributed by atoms with Crippen molar-refractivity contribution in [1.29, 1.82) is 0 Å². The molecule has 0 saturated carbocycles. The van der Waals surface area contributed by atoms with Crippen LogP contribution in [0.4, 0.5) is 0 Å². The molecule has 11 rings (SSSR count). The number of hydrogen-bond acceptors (Lipinski definition) is 0. The van der Waals surface area contributed by atoms with Crippen LogP contribution in [0, 0.1) is 0 Å². The molecule has 0 fully saturated rings. The molecule has 0 bridgehead atoms. The van der Waals surface area contributed by atoms with Crippen molar-refractivity contribution in [1.82, 2.24) is 0 Å². The smallest absolute Gasteiger partial charge is 0.00261 e. The van der Waals surface area contributed by atoms with Crippen LogP contribution in [-0.2, 0) is 0 Å². The largest absolute Gasteiger partial charge is 0.0622 e. The highest BCUT2D eigenvalue weighted by molar-refractivity contribution is 6.22. The second kappa shape index (κ2) is 15.2. The average Bonchev–Trinajstić information content (AvgIpc) is 3.33. The van der Waals surface area contributed by atoms with Crippen molar-refractivity contribution in [2.45, 2.75) is 0 Å². The van der Waals surface area contributed by atoms with Crippen molar-refractivity contribution in [2.24, 2.45) is 0 Å². The molecule has 0 aliphatic rings. The lowest BCUT2D eigenvalue weighted by Crippen LogP contribution is -1.92. The Morgan fingerprint density at radius 2 is 0.517 bits per heavy atom. The minimum absolute atomic E-state index is 1.19. The summed E-state index contributed by atoms with van der Waals surface area (Å²) in [5, 5.41) is 7.46. The maximum Gasteiger partial charge on any atom is -0.00261 e. The summed E-state index contributed by atoms with van der Waals surface area (Å²) >= 11 is 0. The van der Waals surface area contributed by atoms with Gasteiger partial charge < -0.3 is 0 Å². The van der Waals surface area contributed by atoms with Gasteiger partial charge >= 0.3 is 0 Å². The fraction of sp³-hybridized carbons (Fsp3) is 0. The minimum atomic E-state index is 1.19. The van der Waals surface area contributed by atoms with Crippen LogP contribution in [0.1, 0.15) is 0 Å². The quantitative estimate of drug-likeness (QED) is 0.142. The van der Waals surface area contributed by atoms with Gasteiger partial charge in [0, 0.05) is 0 Å². The summed E-state index contributed by atoms with van der Waals surface area (Å²) in [6.45, 7) is 0. The zero-order valence-electron chi connectivity index (χ0n) is 33.1. The Morgan fingerprint density at radius 1 is 0.150 bits per heavy atom. The van der Waals surface area contributed by atoms with Gasteiger partial charge in [0.25, 0.3) is 0 Å². The van der Waals surface area contributed by atoms with Crippen LogP contribution in [0.15, 0.2) is 243 Å². The van der Waals surface area contributed by atoms with Crippen LogP contribution in [0.5, 0.6) is 0 Å². The van der Waals surface area contributed by atoms with E-state index in [9.17, 15) is 0 Å². The molecule has 0 radical (unpaired) electrons. The summed E-state index contributed by atoms with van der Waals surface area (Å²) in [6.07, 6.45) is 0. The molecule has 0 heterocycles. The SMILES string of the molecule is c1ccc(-c2cccc(-c3ccc(-c4cc(-c5ccccc5)cc(-c5ccccc5)c4)c4cc(-c5c6ccccc6c(-c6ccccc6)c6ccccc56)ccc34)c2)cc1. The van der Waals surface area contributed by atoms with Crippen LogP contribution in [0.25, 0.3) is 110 Å². The summed E-state index contributed by atoms with van der Waals surface area (Å²) in [6, 6.07) is 88.9. The minimum Gasteiger partial charge on any atom is -0.0622 e. The Bertz CT molecular complexity index is 3210. The fourth-order valence-electron chi connectivity index (χ4n) is 9.24. The average molecular weight is 761 g/mol. The molecule has 0 heteroatoms. The predicted octanol–water partition coefficient (Wildman–Crippen LogP) is 16.8. The number of rotatable bonds is 7. The van der Waals surface area contributed by atoms with Crippen molar-refractivity contribution < 1.29 is 0 Å². The van der Waals surface area contributed by atoms with E-state index in [0.717, 1.165) is 0 Å². The Hall–Kier alpha value is -7.80. The maximum atomic E-state index is 2.46. The van der Waals surface area contributed by atoms with Crippen molar-refractivity contribution in [3.8, 4) is 77.9 Å². The second-order valence-corrected chi connectivity index (χ2v) is 15.6. The van der Waals surface area contributed by atoms with Crippen LogP contribution < -0.4 is 0 Å². The first-order chi connectivity index (χ1) is 29.8. The van der Waals surface area contributed by atoms with E-state index >= 15 is 0 Å². The van der Waals surface area contributed by atoms with Gasteiger partial charge in [-0.2, -0.15) is 0 Å². The zero-order chi connectivity index (χ0) is 39.8. The molecule has 0 aliphatic carbocycles. The molecule has 0 aliphatic heterocycles. The second-order valence-electron chi connectivity index (χ2n) is 15.6. The molecule has 60 heavy (non-hydrogen) atoms. The van der Waals surface area contributed by atoms with Gasteiger partial charge in [-0.15, -0.1) is 0 Å². The Balaban J connectivity index is 1.20. The first-order valence-corrected chi connectivity index (χ1v) is 20.7. The molecule has 280 valence electrons. The van der Waals surface area contributed by atoms with Gasteiger partial charge in [-0.25, -0.2) is 0 Å². The maximum absolute atomic E-state index is 2.46. The molecule has 11 aromatic carbocycles. The first kappa shape index (κ1) is 35.4. The number of fused-ring (bicyclic) bond motifs is 3. The highest BCUT2D eigenvalue weighted by Gasteiger charge is 2.19. The van der Waals surface area contributed by atoms with Gasteiger partial charge in [0.1, 0.15) is 0 Å². The normalized spacial score (nSPS) is 11.3. The van der Waals surface area contributed by atoms with Gasteiger partial charge in [-0.05, 0) is 141 Å². The Labute approximate surface area is 351 Å². The van der Waals surface area contributed by atoms with Crippen LogP contribution in [-0.4, -0.2) is 0 Å². The van der Waals surface area contributed by atoms with E-state index in [0.29, 0.717) is 0 Å². The molecular weight excluding hydrogens is 721 g/mol. The van der Waals surface area contributed by atoms with Crippen LogP contribution in [0.2, 0.25) is 0 Å². The number of hydrogen-bond donors (Lipinski definition) is 0. The van der Waals surface area contributed by atoms with E-state index in [1.54, 1.807) is 0 Å². The van der Waals surface area contributed by atoms with Crippen molar-refractivity contribution in [3.63, 3.8) is 0 Å². The van der Waals surface area contributed by atoms with E-state index in [-0.39, 0.29) is 0 Å². The first-order valence-electron chi connectivity index (χ1n) is 20.7. The lowest BCUT2D eigenvalue weighted by Gasteiger charge is -2.19. The van der Waals surface area contributed by atoms with Crippen molar-refractivity contribution >= 4 is 32.3 Å². The molecule has 0 nitrogen and oxygen atoms in total. The Kier molecular flexibility index (Phi) is 8.95. The molecule has 0 aromatic heterocycles. The molecular formula is C60H40. The lowest BCUT2D eigenvalue weighted by atomic mass is 9.84. The van der Waals surface area contributed by atoms with E-state index in [4.69, 9.17) is 0 Å². The highest BCUT2D eigenvalue weighted by Crippen LogP contribution is 2.46. The molecule has 0 saturated heterocycles. The van der Waals surface area contributed by atoms with Gasteiger partial charge in [-0.3, -0.25) is 0 Å². The molecule has 0 unspecified atom stereocenters. The highest BCUT2D eigenvalue weighted by atomic mass is 14.2. The molecule has 0 atom stereocenters. The predicted molar refractivity (Wildman–Crippen MR) is 257 cm³/mol. The van der Waals surface area contributed by atoms with E-state index < -0.39 is 0 Å². The van der Waals surface area contributed by atoms with E-state index in [1.807, 2.05) is 0 Å². The van der Waals surface area contributed by atoms with Crippen molar-refractivity contribution in [3.05, 3.63) is 243 Å². The summed E-state index contributed by atoms with van der Waals surface area (Å²) < 4.78 is 0. The lowest BCUT2D eigenvalue weighted by molar-refractivity contribution is 1.57. The van der Waals surface area contributed by atoms with Crippen LogP contribution >= 0.6 is 0 Å². The summed E-state index contributed by atoms with van der Waals surface area (Å²) in [7, 11) is 0. The van der Waals surface area contributed by atoms with E-state index in [1.165, 1.54) is 110 Å². The third-order valence-corrected chi connectivity index (χ3v) is 12.0. The summed E-state index contributed by atoms with van der Waals surface area (Å²) in [5.41, 5.74) is 17.0. The Morgan fingerprint density at radius 3 is 1.03 bits per heavy atom. The topological polar surface area (TPSA) is 0 Å². The zero-order valence-corrected chi connectivity index (χ0v) is 33.1. The third-order valence-electron chi connectivity index (χ3n) is 12.0. The van der Waals surface area contributed by atoms with Gasteiger partial charge in [0.05, 0.1) is 0 Å². The summed E-state index contributed by atoms with van der Waals surface area (Å²) in [5.74, 6) is 0. The van der Waals surface area contributed by atoms with E-state index in [2.05, 4.69) is 243 Å². The molecule has 0 amide bonds. The van der Waals surface area contributed by atoms with Crippen LogP contribution in [0.3, 0.4) is 0 Å². The third kappa shape index (κ3) is 6.36. The van der Waals surface area contributed by atoms with Crippen molar-refractivity contribution in [2.75, 3.05) is 0 Å². The standard InChI is InChI=1S/C60H40/c1-5-18-41(19-6-1)45-26-17-27-46(36-45)51-34-35-52(50-38-48(42-20-7-2-8-21-42)37-49(39-50)43-22-9-3-10-23-43)58-40-47(32-33-53(51)58)60-56-30-15-13-28-54(56)59(44-24-11-4-12-25-44)55-29-14-16-31-57(55)60/h1-40H. The molecule has 11 aromatic rings. The molecule has 0 spiro atoms. The monoisotopic (exact) mass is 760 g/mol. The van der Waals surface area contributed by atoms with Gasteiger partial charge in [0.2, 0.25) is 0 Å².